The van der Waals surface area contributed by atoms with Crippen molar-refractivity contribution in [2.45, 2.75) is 18.9 Å². The van der Waals surface area contributed by atoms with Crippen LogP contribution >= 0.6 is 33.9 Å². The van der Waals surface area contributed by atoms with Crippen LogP contribution in [0.25, 0.3) is 11.8 Å². The zero-order chi connectivity index (χ0) is 21.7. The summed E-state index contributed by atoms with van der Waals surface area (Å²) >= 11 is 3.78. The van der Waals surface area contributed by atoms with Crippen molar-refractivity contribution in [1.82, 2.24) is 4.57 Å². The molecule has 3 aromatic carbocycles. The van der Waals surface area contributed by atoms with Crippen molar-refractivity contribution < 1.29 is 0 Å². The molecule has 0 saturated heterocycles. The monoisotopic (exact) mass is 546 g/mol. The molecule has 1 atom stereocenters. The standard InChI is InChI=1S/C27H19IN2OS/c28-20-11-6-7-17(15-20)16-23-26(31)30-25(19-9-2-1-3-10-19)22-14-13-18-8-4-5-12-21(18)24(22)29-27(30)32-23/h1-12,15-16,25H,13-14H2/b23-16-/t25-/m0/s1. The van der Waals surface area contributed by atoms with E-state index in [2.05, 4.69) is 71.1 Å². The first-order chi connectivity index (χ1) is 15.7. The molecule has 4 aromatic rings. The molecule has 2 aliphatic rings. The summed E-state index contributed by atoms with van der Waals surface area (Å²) in [5.41, 5.74) is 7.02. The van der Waals surface area contributed by atoms with Crippen molar-refractivity contribution in [2.24, 2.45) is 4.99 Å². The summed E-state index contributed by atoms with van der Waals surface area (Å²) in [5, 5.41) is 0. The molecule has 0 saturated carbocycles. The lowest BCUT2D eigenvalue weighted by Crippen LogP contribution is -2.38. The molecule has 0 bridgehead atoms. The fourth-order valence-electron chi connectivity index (χ4n) is 4.71. The number of aromatic nitrogens is 1. The number of hydrogen-bond acceptors (Lipinski definition) is 3. The average molecular weight is 546 g/mol. The van der Waals surface area contributed by atoms with Crippen LogP contribution < -0.4 is 14.9 Å². The molecular weight excluding hydrogens is 527 g/mol. The predicted octanol–water partition coefficient (Wildman–Crippen LogP) is 4.92. The maximum Gasteiger partial charge on any atom is 0.271 e. The molecule has 156 valence electrons. The Bertz CT molecular complexity index is 1560. The molecule has 0 amide bonds. The number of allylic oxidation sites excluding steroid dienone is 1. The Balaban J connectivity index is 1.63. The van der Waals surface area contributed by atoms with Crippen LogP contribution in [0, 0.1) is 3.57 Å². The molecule has 32 heavy (non-hydrogen) atoms. The van der Waals surface area contributed by atoms with Crippen molar-refractivity contribution in [1.29, 1.82) is 0 Å². The van der Waals surface area contributed by atoms with Crippen LogP contribution in [-0.2, 0) is 6.42 Å². The number of aryl methyl sites for hydroxylation is 1. The van der Waals surface area contributed by atoms with Gasteiger partial charge >= 0.3 is 0 Å². The molecule has 0 fully saturated rings. The molecule has 0 spiro atoms. The Labute approximate surface area is 203 Å². The van der Waals surface area contributed by atoms with Gasteiger partial charge in [-0.3, -0.25) is 9.36 Å². The number of fused-ring (bicyclic) bond motifs is 3. The van der Waals surface area contributed by atoms with Gasteiger partial charge in [0.25, 0.3) is 5.56 Å². The van der Waals surface area contributed by atoms with Gasteiger partial charge in [-0.05, 0) is 75.9 Å². The van der Waals surface area contributed by atoms with Gasteiger partial charge in [-0.25, -0.2) is 4.99 Å². The zero-order valence-corrected chi connectivity index (χ0v) is 20.1. The number of halogens is 1. The van der Waals surface area contributed by atoms with Crippen LogP contribution in [0.5, 0.6) is 0 Å². The maximum absolute atomic E-state index is 13.7. The maximum atomic E-state index is 13.7. The summed E-state index contributed by atoms with van der Waals surface area (Å²) in [4.78, 5) is 19.5. The largest absolute Gasteiger partial charge is 0.272 e. The van der Waals surface area contributed by atoms with Crippen molar-refractivity contribution >= 4 is 45.7 Å². The number of hydrogen-bond donors (Lipinski definition) is 0. The van der Waals surface area contributed by atoms with Gasteiger partial charge in [-0.1, -0.05) is 78.1 Å². The second-order valence-corrected chi connectivity index (χ2v) is 10.3. The Hall–Kier alpha value is -2.77. The molecule has 5 heteroatoms. The van der Waals surface area contributed by atoms with Gasteiger partial charge in [0.15, 0.2) is 4.80 Å². The third kappa shape index (κ3) is 3.31. The zero-order valence-electron chi connectivity index (χ0n) is 17.2. The van der Waals surface area contributed by atoms with Gasteiger partial charge in [0.2, 0.25) is 0 Å². The van der Waals surface area contributed by atoms with E-state index in [1.807, 2.05) is 41.0 Å². The predicted molar refractivity (Wildman–Crippen MR) is 138 cm³/mol. The van der Waals surface area contributed by atoms with Crippen molar-refractivity contribution in [3.63, 3.8) is 0 Å². The SMILES string of the molecule is O=c1/c(=C/c2cccc(I)c2)sc2n1[C@@H](c1ccccc1)C1=C(N=2)c2ccccc2CC1. The minimum atomic E-state index is -0.117. The fraction of sp³-hybridized carbons (Fsp3) is 0.111. The van der Waals surface area contributed by atoms with Gasteiger partial charge in [0.05, 0.1) is 16.3 Å². The Morgan fingerprint density at radius 2 is 1.78 bits per heavy atom. The summed E-state index contributed by atoms with van der Waals surface area (Å²) in [6.07, 6.45) is 3.88. The first-order valence-corrected chi connectivity index (χ1v) is 12.5. The van der Waals surface area contributed by atoms with E-state index in [1.165, 1.54) is 28.0 Å². The second kappa shape index (κ2) is 7.98. The Morgan fingerprint density at radius 3 is 2.62 bits per heavy atom. The summed E-state index contributed by atoms with van der Waals surface area (Å²) in [6, 6.07) is 27.0. The molecule has 1 aliphatic heterocycles. The number of nitrogens with zero attached hydrogens (tertiary/aromatic N) is 2. The molecule has 2 heterocycles. The third-order valence-electron chi connectivity index (χ3n) is 6.13. The van der Waals surface area contributed by atoms with E-state index in [4.69, 9.17) is 4.99 Å². The smallest absolute Gasteiger partial charge is 0.271 e. The van der Waals surface area contributed by atoms with Gasteiger partial charge in [-0.15, -0.1) is 0 Å². The van der Waals surface area contributed by atoms with Crippen molar-refractivity contribution in [3.8, 4) is 0 Å². The molecule has 0 radical (unpaired) electrons. The average Bonchev–Trinajstić information content (AvgIpc) is 3.13. The highest BCUT2D eigenvalue weighted by molar-refractivity contribution is 14.1. The van der Waals surface area contributed by atoms with E-state index in [9.17, 15) is 4.79 Å². The second-order valence-electron chi connectivity index (χ2n) is 8.08. The van der Waals surface area contributed by atoms with Crippen molar-refractivity contribution in [2.75, 3.05) is 0 Å². The molecule has 1 aromatic heterocycles. The fourth-order valence-corrected chi connectivity index (χ4v) is 6.27. The van der Waals surface area contributed by atoms with Gasteiger partial charge in [0, 0.05) is 9.13 Å². The number of thiazole rings is 1. The summed E-state index contributed by atoms with van der Waals surface area (Å²) in [5.74, 6) is 0. The third-order valence-corrected chi connectivity index (χ3v) is 7.79. The molecule has 1 aliphatic carbocycles. The molecule has 3 nitrogen and oxygen atoms in total. The lowest BCUT2D eigenvalue weighted by Gasteiger charge is -2.30. The van der Waals surface area contributed by atoms with Gasteiger partial charge in [0.1, 0.15) is 0 Å². The van der Waals surface area contributed by atoms with Crippen LogP contribution in [0.4, 0.5) is 0 Å². The van der Waals surface area contributed by atoms with Crippen LogP contribution in [0.3, 0.4) is 0 Å². The lowest BCUT2D eigenvalue weighted by atomic mass is 9.83. The van der Waals surface area contributed by atoms with Crippen LogP contribution in [0.15, 0.2) is 94.2 Å². The van der Waals surface area contributed by atoms with E-state index in [-0.39, 0.29) is 11.6 Å². The Morgan fingerprint density at radius 1 is 0.969 bits per heavy atom. The normalized spacial score (nSPS) is 17.4. The number of benzene rings is 3. The van der Waals surface area contributed by atoms with E-state index >= 15 is 0 Å². The van der Waals surface area contributed by atoms with E-state index in [0.717, 1.165) is 42.6 Å². The minimum absolute atomic E-state index is 0.0341. The van der Waals surface area contributed by atoms with Crippen molar-refractivity contribution in [3.05, 3.63) is 130 Å². The van der Waals surface area contributed by atoms with Crippen LogP contribution in [0.1, 0.15) is 34.7 Å². The lowest BCUT2D eigenvalue weighted by molar-refractivity contribution is 0.585. The summed E-state index contributed by atoms with van der Waals surface area (Å²) in [6.45, 7) is 0. The Kier molecular flexibility index (Phi) is 4.96. The van der Waals surface area contributed by atoms with E-state index in [1.54, 1.807) is 0 Å². The van der Waals surface area contributed by atoms with Crippen LogP contribution in [0.2, 0.25) is 0 Å². The highest BCUT2D eigenvalue weighted by Crippen LogP contribution is 2.41. The quantitative estimate of drug-likeness (QED) is 0.329. The van der Waals surface area contributed by atoms with Gasteiger partial charge < -0.3 is 0 Å². The first-order valence-electron chi connectivity index (χ1n) is 10.6. The first kappa shape index (κ1) is 19.9. The minimum Gasteiger partial charge on any atom is -0.272 e. The summed E-state index contributed by atoms with van der Waals surface area (Å²) < 4.78 is 3.78. The molecule has 0 N–H and O–H groups in total. The highest BCUT2D eigenvalue weighted by atomic mass is 127. The number of rotatable bonds is 2. The molecule has 6 rings (SSSR count). The van der Waals surface area contributed by atoms with Crippen LogP contribution in [-0.4, -0.2) is 4.57 Å². The topological polar surface area (TPSA) is 34.4 Å². The molecule has 0 unspecified atom stereocenters. The highest BCUT2D eigenvalue weighted by Gasteiger charge is 2.32. The van der Waals surface area contributed by atoms with E-state index < -0.39 is 0 Å². The molecular formula is C27H19IN2OS. The van der Waals surface area contributed by atoms with E-state index in [0.29, 0.717) is 0 Å². The summed E-state index contributed by atoms with van der Waals surface area (Å²) in [7, 11) is 0. The van der Waals surface area contributed by atoms with Gasteiger partial charge in [-0.2, -0.15) is 0 Å².